The van der Waals surface area contributed by atoms with Crippen LogP contribution in [0.5, 0.6) is 0 Å². The smallest absolute Gasteiger partial charge is 0.265 e. The van der Waals surface area contributed by atoms with Crippen molar-refractivity contribution in [1.29, 1.82) is 0 Å². The number of benzene rings is 2. The van der Waals surface area contributed by atoms with Crippen LogP contribution in [-0.2, 0) is 10.1 Å². The molecule has 1 heterocycles. The first-order chi connectivity index (χ1) is 9.95. The van der Waals surface area contributed by atoms with E-state index in [2.05, 4.69) is 5.10 Å². The zero-order valence-corrected chi connectivity index (χ0v) is 12.7. The summed E-state index contributed by atoms with van der Waals surface area (Å²) in [7, 11) is -4.01. The van der Waals surface area contributed by atoms with Crippen molar-refractivity contribution in [1.82, 2.24) is 9.94 Å². The average Bonchev–Trinajstić information content (AvgIpc) is 2.81. The number of rotatable bonds is 3. The minimum Gasteiger partial charge on any atom is -0.265 e. The van der Waals surface area contributed by atoms with Crippen LogP contribution in [0.2, 0.25) is 10.0 Å². The van der Waals surface area contributed by atoms with E-state index in [1.807, 2.05) is 0 Å². The lowest BCUT2D eigenvalue weighted by atomic mass is 10.3. The van der Waals surface area contributed by atoms with Crippen molar-refractivity contribution in [3.8, 4) is 0 Å². The Labute approximate surface area is 130 Å². The minimum absolute atomic E-state index is 0.0161. The molecule has 21 heavy (non-hydrogen) atoms. The van der Waals surface area contributed by atoms with Gasteiger partial charge in [-0.2, -0.15) is 8.42 Å². The average molecular weight is 343 g/mol. The Morgan fingerprint density at radius 1 is 1.00 bits per heavy atom. The van der Waals surface area contributed by atoms with Gasteiger partial charge in [0.2, 0.25) is 0 Å². The molecular weight excluding hydrogens is 335 g/mol. The number of nitrogens with zero attached hydrogens (tertiary/aromatic N) is 2. The van der Waals surface area contributed by atoms with Crippen LogP contribution in [0.15, 0.2) is 53.6 Å². The normalized spacial score (nSPS) is 11.7. The van der Waals surface area contributed by atoms with Crippen LogP contribution in [0, 0.1) is 0 Å². The fraction of sp³-hybridized carbons (Fsp3) is 0. The van der Waals surface area contributed by atoms with Crippen molar-refractivity contribution < 1.29 is 12.7 Å². The molecular formula is C13H8Cl2N2O3S. The quantitative estimate of drug-likeness (QED) is 0.733. The maximum atomic E-state index is 12.2. The minimum atomic E-state index is -4.01. The Hall–Kier alpha value is -1.76. The molecule has 0 aliphatic heterocycles. The van der Waals surface area contributed by atoms with Gasteiger partial charge in [-0.15, -0.1) is 5.10 Å². The maximum absolute atomic E-state index is 12.2. The lowest BCUT2D eigenvalue weighted by molar-refractivity contribution is 0.252. The number of halogens is 2. The highest BCUT2D eigenvalue weighted by Gasteiger charge is 2.18. The molecule has 0 saturated heterocycles. The number of aromatic nitrogens is 2. The van der Waals surface area contributed by atoms with Crippen molar-refractivity contribution >= 4 is 44.2 Å². The molecule has 0 N–H and O–H groups in total. The summed E-state index contributed by atoms with van der Waals surface area (Å²) in [5, 5.41) is 5.50. The Kier molecular flexibility index (Phi) is 3.52. The third kappa shape index (κ3) is 2.83. The molecule has 3 aromatic rings. The van der Waals surface area contributed by atoms with Crippen LogP contribution in [0.25, 0.3) is 10.9 Å². The molecule has 0 fully saturated rings. The zero-order valence-electron chi connectivity index (χ0n) is 10.4. The van der Waals surface area contributed by atoms with Gasteiger partial charge in [-0.1, -0.05) is 28.0 Å². The third-order valence-corrected chi connectivity index (χ3v) is 4.45. The van der Waals surface area contributed by atoms with Crippen molar-refractivity contribution in [2.45, 2.75) is 4.90 Å². The van der Waals surface area contributed by atoms with Crippen molar-refractivity contribution in [2.75, 3.05) is 0 Å². The van der Waals surface area contributed by atoms with Gasteiger partial charge in [0.1, 0.15) is 10.4 Å². The van der Waals surface area contributed by atoms with Gasteiger partial charge in [-0.05, 0) is 42.5 Å². The van der Waals surface area contributed by atoms with Gasteiger partial charge >= 0.3 is 10.1 Å². The lowest BCUT2D eigenvalue weighted by Crippen LogP contribution is -2.21. The monoisotopic (exact) mass is 342 g/mol. The number of fused-ring (bicyclic) bond motifs is 1. The molecule has 0 aliphatic carbocycles. The van der Waals surface area contributed by atoms with Gasteiger partial charge in [0.15, 0.2) is 0 Å². The predicted octanol–water partition coefficient (Wildman–Crippen LogP) is 3.16. The predicted molar refractivity (Wildman–Crippen MR) is 80.0 cm³/mol. The first-order valence-electron chi connectivity index (χ1n) is 5.79. The van der Waals surface area contributed by atoms with Crippen LogP contribution in [-0.4, -0.2) is 18.4 Å². The summed E-state index contributed by atoms with van der Waals surface area (Å²) in [6, 6.07) is 10.6. The molecule has 5 nitrogen and oxygen atoms in total. The lowest BCUT2D eigenvalue weighted by Gasteiger charge is -2.07. The molecule has 8 heteroatoms. The molecule has 3 rings (SSSR count). The highest BCUT2D eigenvalue weighted by Crippen LogP contribution is 2.20. The van der Waals surface area contributed by atoms with E-state index < -0.39 is 10.1 Å². The number of hydrogen-bond donors (Lipinski definition) is 0. The topological polar surface area (TPSA) is 61.2 Å². The van der Waals surface area contributed by atoms with Crippen LogP contribution in [0.1, 0.15) is 0 Å². The summed E-state index contributed by atoms with van der Waals surface area (Å²) in [5.74, 6) is 0. The highest BCUT2D eigenvalue weighted by atomic mass is 35.5. The van der Waals surface area contributed by atoms with Crippen LogP contribution in [0.4, 0.5) is 0 Å². The summed E-state index contributed by atoms with van der Waals surface area (Å²) < 4.78 is 29.4. The van der Waals surface area contributed by atoms with E-state index in [-0.39, 0.29) is 4.90 Å². The summed E-state index contributed by atoms with van der Waals surface area (Å²) in [6.07, 6.45) is 1.49. The van der Waals surface area contributed by atoms with E-state index in [1.165, 1.54) is 30.5 Å². The summed E-state index contributed by atoms with van der Waals surface area (Å²) in [4.78, 5) is 0.906. The Morgan fingerprint density at radius 2 is 1.67 bits per heavy atom. The molecule has 0 aliphatic rings. The maximum Gasteiger partial charge on any atom is 0.358 e. The van der Waals surface area contributed by atoms with Crippen LogP contribution in [0.3, 0.4) is 0 Å². The molecule has 108 valence electrons. The van der Waals surface area contributed by atoms with E-state index in [0.29, 0.717) is 20.9 Å². The summed E-state index contributed by atoms with van der Waals surface area (Å²) in [5.41, 5.74) is 0.458. The van der Waals surface area contributed by atoms with Gasteiger partial charge in [-0.25, -0.2) is 0 Å². The third-order valence-electron chi connectivity index (χ3n) is 2.77. The SMILES string of the molecule is O=S(=O)(On1ncc2ccc(Cl)cc21)c1ccc(Cl)cc1. The van der Waals surface area contributed by atoms with E-state index in [0.717, 1.165) is 4.85 Å². The van der Waals surface area contributed by atoms with E-state index in [1.54, 1.807) is 18.2 Å². The second-order valence-electron chi connectivity index (χ2n) is 4.20. The highest BCUT2D eigenvalue weighted by molar-refractivity contribution is 7.87. The molecule has 0 spiro atoms. The van der Waals surface area contributed by atoms with Gasteiger partial charge in [0, 0.05) is 15.4 Å². The second-order valence-corrected chi connectivity index (χ2v) is 6.60. The Balaban J connectivity index is 2.01. The van der Waals surface area contributed by atoms with E-state index in [4.69, 9.17) is 27.5 Å². The van der Waals surface area contributed by atoms with Gasteiger partial charge in [-0.3, -0.25) is 4.28 Å². The van der Waals surface area contributed by atoms with Gasteiger partial charge in [0.25, 0.3) is 0 Å². The molecule has 0 bridgehead atoms. The summed E-state index contributed by atoms with van der Waals surface area (Å²) in [6.45, 7) is 0. The molecule has 0 saturated carbocycles. The van der Waals surface area contributed by atoms with Crippen LogP contribution >= 0.6 is 23.2 Å². The van der Waals surface area contributed by atoms with Crippen LogP contribution < -0.4 is 4.28 Å². The largest absolute Gasteiger partial charge is 0.358 e. The zero-order chi connectivity index (χ0) is 15.0. The number of hydrogen-bond acceptors (Lipinski definition) is 4. The molecule has 0 unspecified atom stereocenters. The standard InChI is InChI=1S/C13H8Cl2N2O3S/c14-10-3-5-12(6-4-10)21(18,19)20-17-13-7-11(15)2-1-9(13)8-16-17/h1-8H. The molecule has 2 aromatic carbocycles. The fourth-order valence-electron chi connectivity index (χ4n) is 1.77. The van der Waals surface area contributed by atoms with Crippen molar-refractivity contribution in [3.05, 3.63) is 58.7 Å². The van der Waals surface area contributed by atoms with E-state index >= 15 is 0 Å². The van der Waals surface area contributed by atoms with Crippen molar-refractivity contribution in [2.24, 2.45) is 0 Å². The second kappa shape index (κ2) is 5.22. The van der Waals surface area contributed by atoms with Gasteiger partial charge in [0.05, 0.1) is 6.20 Å². The molecule has 0 atom stereocenters. The van der Waals surface area contributed by atoms with Gasteiger partial charge < -0.3 is 0 Å². The molecule has 0 amide bonds. The summed E-state index contributed by atoms with van der Waals surface area (Å²) >= 11 is 11.6. The van der Waals surface area contributed by atoms with E-state index in [9.17, 15) is 8.42 Å². The fourth-order valence-corrected chi connectivity index (χ4v) is 2.92. The van der Waals surface area contributed by atoms with Crippen molar-refractivity contribution in [3.63, 3.8) is 0 Å². The first kappa shape index (κ1) is 14.2. The Bertz CT molecular complexity index is 905. The Morgan fingerprint density at radius 3 is 2.38 bits per heavy atom. The molecule has 0 radical (unpaired) electrons. The molecule has 1 aromatic heterocycles. The first-order valence-corrected chi connectivity index (χ1v) is 7.96.